The molecule has 0 radical (unpaired) electrons. The Bertz CT molecular complexity index is 1070. The van der Waals surface area contributed by atoms with Gasteiger partial charge in [0.25, 0.3) is 0 Å². The maximum Gasteiger partial charge on any atom is 0.423 e. The normalized spacial score (nSPS) is 13.8. The van der Waals surface area contributed by atoms with Crippen LogP contribution in [0.1, 0.15) is 33.6 Å². The van der Waals surface area contributed by atoms with Crippen LogP contribution in [-0.4, -0.2) is 70.4 Å². The van der Waals surface area contributed by atoms with Crippen molar-refractivity contribution < 1.29 is 38.1 Å². The van der Waals surface area contributed by atoms with Gasteiger partial charge in [0.1, 0.15) is 35.8 Å². The Kier molecular flexibility index (Phi) is 15.2. The quantitative estimate of drug-likeness (QED) is 0.101. The summed E-state index contributed by atoms with van der Waals surface area (Å²) >= 11 is 35.4. The van der Waals surface area contributed by atoms with Gasteiger partial charge < -0.3 is 18.9 Å². The fourth-order valence-electron chi connectivity index (χ4n) is 3.04. The SMILES string of the molecule is O=C(Oc1ccccc1C(=O)OCC(Cl)CC(Cl)CCl)C(=O)Oc1ccccc1C(=O)OCC(Cl)CC(Cl)CCl. The molecule has 0 saturated carbocycles. The molecule has 8 nitrogen and oxygen atoms in total. The van der Waals surface area contributed by atoms with Gasteiger partial charge in [-0.25, -0.2) is 19.2 Å². The molecule has 0 fully saturated rings. The van der Waals surface area contributed by atoms with Crippen molar-refractivity contribution in [2.24, 2.45) is 0 Å². The summed E-state index contributed by atoms with van der Waals surface area (Å²) in [6.45, 7) is -0.358. The molecule has 0 heterocycles. The molecule has 2 aromatic rings. The van der Waals surface area contributed by atoms with Crippen molar-refractivity contribution in [3.05, 3.63) is 59.7 Å². The van der Waals surface area contributed by atoms with E-state index in [-0.39, 0.29) is 47.6 Å². The Morgan fingerprint density at radius 1 is 0.575 bits per heavy atom. The number of alkyl halides is 6. The van der Waals surface area contributed by atoms with E-state index in [4.69, 9.17) is 88.6 Å². The third-order valence-corrected chi connectivity index (χ3v) is 7.27. The van der Waals surface area contributed by atoms with E-state index < -0.39 is 45.4 Å². The predicted octanol–water partition coefficient (Wildman–Crippen LogP) is 6.20. The molecular weight excluding hydrogens is 653 g/mol. The van der Waals surface area contributed by atoms with E-state index in [9.17, 15) is 19.2 Å². The van der Waals surface area contributed by atoms with Crippen molar-refractivity contribution in [1.82, 2.24) is 0 Å². The van der Waals surface area contributed by atoms with Gasteiger partial charge in [0.2, 0.25) is 0 Å². The maximum atomic E-state index is 12.6. The van der Waals surface area contributed by atoms with Gasteiger partial charge in [-0.1, -0.05) is 24.3 Å². The molecule has 0 aliphatic rings. The molecule has 0 N–H and O–H groups in total. The molecule has 0 amide bonds. The van der Waals surface area contributed by atoms with Crippen molar-refractivity contribution in [2.45, 2.75) is 34.3 Å². The molecule has 0 aliphatic heterocycles. The van der Waals surface area contributed by atoms with Crippen LogP contribution in [0.2, 0.25) is 0 Å². The molecule has 4 atom stereocenters. The van der Waals surface area contributed by atoms with Crippen LogP contribution in [0.25, 0.3) is 0 Å². The second kappa shape index (κ2) is 17.8. The second-order valence-corrected chi connectivity index (χ2v) is 11.2. The summed E-state index contributed by atoms with van der Waals surface area (Å²) in [4.78, 5) is 50.1. The molecule has 4 unspecified atom stereocenters. The summed E-state index contributed by atoms with van der Waals surface area (Å²) in [6.07, 6.45) is 0.595. The summed E-state index contributed by atoms with van der Waals surface area (Å²) in [7, 11) is 0. The smallest absolute Gasteiger partial charge is 0.423 e. The highest BCUT2D eigenvalue weighted by atomic mass is 35.5. The summed E-state index contributed by atoms with van der Waals surface area (Å²) in [6, 6.07) is 11.2. The molecule has 0 bridgehead atoms. The van der Waals surface area contributed by atoms with Crippen molar-refractivity contribution in [1.29, 1.82) is 0 Å². The van der Waals surface area contributed by atoms with E-state index in [1.165, 1.54) is 48.5 Å². The first-order valence-corrected chi connectivity index (χ1v) is 14.5. The average Bonchev–Trinajstić information content (AvgIpc) is 2.94. The van der Waals surface area contributed by atoms with Gasteiger partial charge in [-0.2, -0.15) is 0 Å². The standard InChI is InChI=1S/C26H24Cl6O8/c27-11-15(29)9-17(31)13-37-23(33)19-5-1-3-7-21(19)39-25(35)26(36)40-22-8-4-2-6-20(22)24(34)38-14-18(32)10-16(30)12-28/h1-8,15-18H,9-14H2. The van der Waals surface area contributed by atoms with Crippen LogP contribution in [0.4, 0.5) is 0 Å². The number of hydrogen-bond donors (Lipinski definition) is 0. The molecule has 0 saturated heterocycles. The molecule has 2 aromatic carbocycles. The summed E-state index contributed by atoms with van der Waals surface area (Å²) in [5, 5.41) is -1.99. The van der Waals surface area contributed by atoms with Gasteiger partial charge in [0, 0.05) is 22.5 Å². The first-order chi connectivity index (χ1) is 19.0. The number of para-hydroxylation sites is 2. The zero-order valence-corrected chi connectivity index (χ0v) is 25.2. The minimum Gasteiger partial charge on any atom is -0.460 e. The highest BCUT2D eigenvalue weighted by Crippen LogP contribution is 2.23. The van der Waals surface area contributed by atoms with E-state index in [1.807, 2.05) is 0 Å². The van der Waals surface area contributed by atoms with E-state index in [2.05, 4.69) is 0 Å². The van der Waals surface area contributed by atoms with Gasteiger partial charge in [-0.05, 0) is 37.1 Å². The Hall–Kier alpha value is -1.94. The summed E-state index contributed by atoms with van der Waals surface area (Å²) in [5.41, 5.74) is -0.277. The zero-order valence-electron chi connectivity index (χ0n) is 20.7. The van der Waals surface area contributed by atoms with Crippen LogP contribution in [0.15, 0.2) is 48.5 Å². The van der Waals surface area contributed by atoms with Gasteiger partial charge in [0.15, 0.2) is 0 Å². The molecule has 0 aromatic heterocycles. The Balaban J connectivity index is 2.02. The zero-order chi connectivity index (χ0) is 29.7. The molecule has 218 valence electrons. The van der Waals surface area contributed by atoms with Crippen molar-refractivity contribution in [3.63, 3.8) is 0 Å². The lowest BCUT2D eigenvalue weighted by atomic mass is 10.2. The molecule has 40 heavy (non-hydrogen) atoms. The van der Waals surface area contributed by atoms with Crippen LogP contribution >= 0.6 is 69.6 Å². The maximum absolute atomic E-state index is 12.6. The highest BCUT2D eigenvalue weighted by molar-refractivity contribution is 6.31. The van der Waals surface area contributed by atoms with E-state index in [0.717, 1.165) is 0 Å². The van der Waals surface area contributed by atoms with Crippen LogP contribution in [0.3, 0.4) is 0 Å². The Morgan fingerprint density at radius 3 is 1.27 bits per heavy atom. The fourth-order valence-corrected chi connectivity index (χ4v) is 4.46. The minimum absolute atomic E-state index is 0.139. The van der Waals surface area contributed by atoms with Crippen molar-refractivity contribution in [3.8, 4) is 11.5 Å². The molecule has 2 rings (SSSR count). The third-order valence-electron chi connectivity index (χ3n) is 4.93. The number of ether oxygens (including phenoxy) is 4. The lowest BCUT2D eigenvalue weighted by Gasteiger charge is -2.14. The van der Waals surface area contributed by atoms with Crippen molar-refractivity contribution >= 4 is 93.5 Å². The number of rotatable bonds is 14. The lowest BCUT2D eigenvalue weighted by molar-refractivity contribution is -0.156. The van der Waals surface area contributed by atoms with Crippen LogP contribution < -0.4 is 9.47 Å². The third kappa shape index (κ3) is 11.5. The highest BCUT2D eigenvalue weighted by Gasteiger charge is 2.26. The minimum atomic E-state index is -1.46. The van der Waals surface area contributed by atoms with E-state index in [0.29, 0.717) is 12.8 Å². The number of esters is 4. The van der Waals surface area contributed by atoms with Crippen LogP contribution in [0, 0.1) is 0 Å². The molecule has 0 aliphatic carbocycles. The Morgan fingerprint density at radius 2 is 0.925 bits per heavy atom. The molecule has 14 heteroatoms. The van der Waals surface area contributed by atoms with Crippen LogP contribution in [0.5, 0.6) is 11.5 Å². The number of benzene rings is 2. The fraction of sp³-hybridized carbons (Fsp3) is 0.385. The average molecular weight is 677 g/mol. The number of carbonyl (C=O) groups is 4. The molecule has 0 spiro atoms. The summed E-state index contributed by atoms with van der Waals surface area (Å²) < 4.78 is 20.5. The monoisotopic (exact) mass is 674 g/mol. The lowest BCUT2D eigenvalue weighted by Crippen LogP contribution is -2.27. The topological polar surface area (TPSA) is 105 Å². The molecular formula is C26H24Cl6O8. The van der Waals surface area contributed by atoms with Crippen molar-refractivity contribution in [2.75, 3.05) is 25.0 Å². The largest absolute Gasteiger partial charge is 0.460 e. The first-order valence-electron chi connectivity index (χ1n) is 11.7. The van der Waals surface area contributed by atoms with E-state index in [1.54, 1.807) is 0 Å². The van der Waals surface area contributed by atoms with Gasteiger partial charge in [-0.15, -0.1) is 69.6 Å². The first kappa shape index (κ1) is 34.3. The number of halogens is 6. The van der Waals surface area contributed by atoms with Gasteiger partial charge >= 0.3 is 23.9 Å². The second-order valence-electron chi connectivity index (χ2n) is 8.14. The van der Waals surface area contributed by atoms with E-state index >= 15 is 0 Å². The Labute approximate surface area is 261 Å². The number of carbonyl (C=O) groups excluding carboxylic acids is 4. The summed E-state index contributed by atoms with van der Waals surface area (Å²) in [5.74, 6) is -4.78. The van der Waals surface area contributed by atoms with Gasteiger partial charge in [-0.3, -0.25) is 0 Å². The number of hydrogen-bond acceptors (Lipinski definition) is 8. The van der Waals surface area contributed by atoms with Gasteiger partial charge in [0.05, 0.1) is 10.8 Å². The van der Waals surface area contributed by atoms with Crippen LogP contribution in [-0.2, 0) is 19.1 Å². The predicted molar refractivity (Wildman–Crippen MR) is 154 cm³/mol.